The molecule has 0 saturated carbocycles. The maximum Gasteiger partial charge on any atom is 0.418 e. The third kappa shape index (κ3) is 6.64. The summed E-state index contributed by atoms with van der Waals surface area (Å²) in [6.45, 7) is 11.0. The standard InChI is InChI=1S/C33H45N5O5S/c1-33(2,3)24-19-25(30(42-6)27(20-24)44(7)41)34-32(40)43-28-18-22-10-8-11-23(29(22)36(28)5)21-37-14-16-38(17-15-37)31(39)26-12-9-13-35(26)4/h8,10-11,18-20,26H,9,12-17,21H2,1-7H3,(H,34,40)/t26-,44?/m0/s1. The van der Waals surface area contributed by atoms with Crippen molar-refractivity contribution in [1.82, 2.24) is 19.3 Å². The van der Waals surface area contributed by atoms with Crippen molar-refractivity contribution < 1.29 is 23.3 Å². The van der Waals surface area contributed by atoms with Crippen LogP contribution in [0, 0.1) is 0 Å². The smallest absolute Gasteiger partial charge is 0.418 e. The van der Waals surface area contributed by atoms with Gasteiger partial charge in [0.15, 0.2) is 5.75 Å². The molecule has 11 heteroatoms. The largest absolute Gasteiger partial charge is 0.493 e. The molecule has 3 heterocycles. The molecule has 238 valence electrons. The number of carbonyl (C=O) groups excluding carboxylic acids is 2. The molecule has 2 amide bonds. The second-order valence-electron chi connectivity index (χ2n) is 12.9. The van der Waals surface area contributed by atoms with Crippen LogP contribution in [-0.4, -0.2) is 94.7 Å². The Balaban J connectivity index is 1.30. The van der Waals surface area contributed by atoms with Gasteiger partial charge in [0.2, 0.25) is 11.8 Å². The molecule has 2 aliphatic heterocycles. The number of nitrogens with one attached hydrogen (secondary N) is 1. The van der Waals surface area contributed by atoms with Gasteiger partial charge in [-0.3, -0.25) is 24.1 Å². The van der Waals surface area contributed by atoms with E-state index in [-0.39, 0.29) is 17.4 Å². The number of para-hydroxylation sites is 1. The van der Waals surface area contributed by atoms with Crippen molar-refractivity contribution >= 4 is 39.4 Å². The van der Waals surface area contributed by atoms with Gasteiger partial charge in [-0.2, -0.15) is 0 Å². The van der Waals surface area contributed by atoms with Crippen LogP contribution < -0.4 is 14.8 Å². The summed E-state index contributed by atoms with van der Waals surface area (Å²) in [5, 5.41) is 3.80. The molecule has 5 rings (SSSR count). The summed E-state index contributed by atoms with van der Waals surface area (Å²) < 4.78 is 25.8. The van der Waals surface area contributed by atoms with E-state index >= 15 is 0 Å². The van der Waals surface area contributed by atoms with Crippen LogP contribution in [0.2, 0.25) is 0 Å². The average Bonchev–Trinajstić information content (AvgIpc) is 3.54. The number of amides is 2. The number of likely N-dealkylation sites (N-methyl/N-ethyl adjacent to an activating group) is 1. The molecule has 1 aromatic heterocycles. The van der Waals surface area contributed by atoms with E-state index in [4.69, 9.17) is 9.47 Å². The highest BCUT2D eigenvalue weighted by Gasteiger charge is 2.33. The molecular formula is C33H45N5O5S. The van der Waals surface area contributed by atoms with Crippen molar-refractivity contribution in [3.63, 3.8) is 0 Å². The average molecular weight is 624 g/mol. The lowest BCUT2D eigenvalue weighted by molar-refractivity contribution is -0.137. The summed E-state index contributed by atoms with van der Waals surface area (Å²) in [7, 11) is 4.11. The van der Waals surface area contributed by atoms with Crippen molar-refractivity contribution in [2.24, 2.45) is 7.05 Å². The van der Waals surface area contributed by atoms with Gasteiger partial charge in [-0.1, -0.05) is 39.0 Å². The number of carbonyl (C=O) groups is 2. The zero-order chi connectivity index (χ0) is 31.8. The number of benzene rings is 2. The minimum Gasteiger partial charge on any atom is -0.493 e. The van der Waals surface area contributed by atoms with Gasteiger partial charge < -0.3 is 18.9 Å². The number of aryl methyl sites for hydroxylation is 1. The van der Waals surface area contributed by atoms with Gasteiger partial charge in [0.1, 0.15) is 0 Å². The second kappa shape index (κ2) is 12.9. The summed E-state index contributed by atoms with van der Waals surface area (Å²) in [6, 6.07) is 11.7. The fourth-order valence-electron chi connectivity index (χ4n) is 6.29. The predicted octanol–water partition coefficient (Wildman–Crippen LogP) is 4.57. The first kappa shape index (κ1) is 32.0. The number of rotatable bonds is 7. The van der Waals surface area contributed by atoms with Gasteiger partial charge in [-0.05, 0) is 55.1 Å². The third-order valence-corrected chi connectivity index (χ3v) is 9.77. The third-order valence-electron chi connectivity index (χ3n) is 8.85. The topological polar surface area (TPSA) is 96.3 Å². The molecule has 3 aromatic rings. The van der Waals surface area contributed by atoms with Crippen molar-refractivity contribution in [2.75, 3.05) is 58.5 Å². The lowest BCUT2D eigenvalue weighted by Crippen LogP contribution is -2.52. The Morgan fingerprint density at radius 1 is 1.05 bits per heavy atom. The highest BCUT2D eigenvalue weighted by molar-refractivity contribution is 7.84. The fraction of sp³-hybridized carbons (Fsp3) is 0.515. The molecule has 2 fully saturated rings. The Morgan fingerprint density at radius 3 is 2.39 bits per heavy atom. The zero-order valence-corrected chi connectivity index (χ0v) is 27.8. The molecular weight excluding hydrogens is 578 g/mol. The van der Waals surface area contributed by atoms with Crippen LogP contribution in [-0.2, 0) is 34.6 Å². The van der Waals surface area contributed by atoms with Crippen LogP contribution in [0.1, 0.15) is 44.7 Å². The van der Waals surface area contributed by atoms with Gasteiger partial charge in [0, 0.05) is 57.5 Å². The van der Waals surface area contributed by atoms with E-state index in [1.54, 1.807) is 6.26 Å². The highest BCUT2D eigenvalue weighted by Crippen LogP contribution is 2.37. The number of fused-ring (bicyclic) bond motifs is 1. The Morgan fingerprint density at radius 2 is 1.77 bits per heavy atom. The van der Waals surface area contributed by atoms with Crippen LogP contribution in [0.3, 0.4) is 0 Å². The normalized spacial score (nSPS) is 18.9. The van der Waals surface area contributed by atoms with Crippen molar-refractivity contribution in [3.05, 3.63) is 47.5 Å². The summed E-state index contributed by atoms with van der Waals surface area (Å²) in [5.41, 5.74) is 3.22. The van der Waals surface area contributed by atoms with Crippen molar-refractivity contribution in [2.45, 2.75) is 56.5 Å². The molecule has 44 heavy (non-hydrogen) atoms. The number of nitrogens with zero attached hydrogens (tertiary/aromatic N) is 4. The Labute approximate surface area is 262 Å². The molecule has 2 aliphatic rings. The number of aromatic nitrogens is 1. The van der Waals surface area contributed by atoms with Crippen LogP contribution in [0.25, 0.3) is 10.9 Å². The molecule has 1 unspecified atom stereocenters. The number of likely N-dealkylation sites (tertiary alicyclic amines) is 1. The molecule has 1 N–H and O–H groups in total. The van der Waals surface area contributed by atoms with Crippen molar-refractivity contribution in [3.8, 4) is 11.6 Å². The fourth-order valence-corrected chi connectivity index (χ4v) is 7.03. The maximum absolute atomic E-state index is 13.2. The van der Waals surface area contributed by atoms with Gasteiger partial charge >= 0.3 is 6.09 Å². The molecule has 0 aliphatic carbocycles. The van der Waals surface area contributed by atoms with E-state index in [0.717, 1.165) is 74.1 Å². The predicted molar refractivity (Wildman–Crippen MR) is 174 cm³/mol. The van der Waals surface area contributed by atoms with Crippen LogP contribution in [0.4, 0.5) is 10.5 Å². The lowest BCUT2D eigenvalue weighted by Gasteiger charge is -2.37. The molecule has 2 aromatic carbocycles. The minimum atomic E-state index is -1.32. The Kier molecular flexibility index (Phi) is 9.38. The van der Waals surface area contributed by atoms with E-state index in [2.05, 4.69) is 42.0 Å². The lowest BCUT2D eigenvalue weighted by atomic mass is 9.86. The van der Waals surface area contributed by atoms with Crippen LogP contribution in [0.5, 0.6) is 11.6 Å². The molecule has 2 atom stereocenters. The number of hydrogen-bond acceptors (Lipinski definition) is 7. The van der Waals surface area contributed by atoms with Gasteiger partial charge in [0.05, 0.1) is 40.1 Å². The summed E-state index contributed by atoms with van der Waals surface area (Å²) in [6.07, 6.45) is 2.96. The number of anilines is 1. The summed E-state index contributed by atoms with van der Waals surface area (Å²) in [4.78, 5) is 33.3. The quantitative estimate of drug-likeness (QED) is 0.412. The highest BCUT2D eigenvalue weighted by atomic mass is 32.2. The molecule has 10 nitrogen and oxygen atoms in total. The maximum atomic E-state index is 13.2. The van der Waals surface area contributed by atoms with E-state index in [1.807, 2.05) is 53.9 Å². The summed E-state index contributed by atoms with van der Waals surface area (Å²) >= 11 is 0. The minimum absolute atomic E-state index is 0.0236. The van der Waals surface area contributed by atoms with E-state index in [9.17, 15) is 13.8 Å². The van der Waals surface area contributed by atoms with Gasteiger partial charge in [0.25, 0.3) is 0 Å². The van der Waals surface area contributed by atoms with E-state index in [1.165, 1.54) is 7.11 Å². The van der Waals surface area contributed by atoms with Gasteiger partial charge in [-0.25, -0.2) is 4.79 Å². The molecule has 2 saturated heterocycles. The van der Waals surface area contributed by atoms with E-state index in [0.29, 0.717) is 22.2 Å². The van der Waals surface area contributed by atoms with Crippen LogP contribution >= 0.6 is 0 Å². The van der Waals surface area contributed by atoms with Gasteiger partial charge in [-0.15, -0.1) is 0 Å². The first-order chi connectivity index (χ1) is 20.9. The Bertz CT molecular complexity index is 1570. The molecule has 0 spiro atoms. The van der Waals surface area contributed by atoms with Crippen LogP contribution in [0.15, 0.2) is 41.3 Å². The number of methoxy groups -OCH3 is 1. The first-order valence-corrected chi connectivity index (χ1v) is 16.8. The Hall–Kier alpha value is -3.41. The SMILES string of the molecule is COc1c(NC(=O)Oc2cc3cccc(CN4CCN(C(=O)[C@@H]5CCCN5C)CC4)c3n2C)cc(C(C)(C)C)cc1S(C)=O. The summed E-state index contributed by atoms with van der Waals surface area (Å²) in [5.74, 6) is 1.02. The van der Waals surface area contributed by atoms with E-state index < -0.39 is 16.9 Å². The first-order valence-electron chi connectivity index (χ1n) is 15.2. The number of ether oxygens (including phenoxy) is 2. The molecule has 0 bridgehead atoms. The second-order valence-corrected chi connectivity index (χ2v) is 14.3. The zero-order valence-electron chi connectivity index (χ0n) is 26.9. The monoisotopic (exact) mass is 623 g/mol. The molecule has 0 radical (unpaired) electrons. The number of hydrogen-bond donors (Lipinski definition) is 1. The van der Waals surface area contributed by atoms with Crippen molar-refractivity contribution in [1.29, 1.82) is 0 Å². The number of piperazine rings is 1.